The van der Waals surface area contributed by atoms with Gasteiger partial charge in [0.2, 0.25) is 0 Å². The molecule has 0 bridgehead atoms. The van der Waals surface area contributed by atoms with E-state index in [1.54, 1.807) is 0 Å². The Hall–Kier alpha value is -1.69. The van der Waals surface area contributed by atoms with Crippen molar-refractivity contribution < 1.29 is 18.7 Å². The molecule has 6 heteroatoms. The van der Waals surface area contributed by atoms with Crippen molar-refractivity contribution in [1.82, 2.24) is 10.6 Å². The maximum absolute atomic E-state index is 13.9. The lowest BCUT2D eigenvalue weighted by Crippen LogP contribution is -2.43. The molecule has 0 spiro atoms. The third-order valence-electron chi connectivity index (χ3n) is 4.11. The van der Waals surface area contributed by atoms with Crippen LogP contribution in [0.5, 0.6) is 0 Å². The second-order valence-electron chi connectivity index (χ2n) is 5.97. The highest BCUT2D eigenvalue weighted by molar-refractivity contribution is 5.74. The Balaban J connectivity index is 1.90. The van der Waals surface area contributed by atoms with Crippen LogP contribution in [0.25, 0.3) is 0 Å². The summed E-state index contributed by atoms with van der Waals surface area (Å²) < 4.78 is 27.7. The van der Waals surface area contributed by atoms with Gasteiger partial charge in [0.15, 0.2) is 0 Å². The molecule has 1 atom stereocenters. The van der Waals surface area contributed by atoms with Gasteiger partial charge in [0.1, 0.15) is 11.6 Å². The molecule has 1 aromatic rings. The zero-order chi connectivity index (χ0) is 16.2. The molecule has 1 aliphatic rings. The highest BCUT2D eigenvalue weighted by Crippen LogP contribution is 2.49. The van der Waals surface area contributed by atoms with Crippen molar-refractivity contribution in [3.8, 4) is 0 Å². The second kappa shape index (κ2) is 7.05. The third-order valence-corrected chi connectivity index (χ3v) is 4.11. The Morgan fingerprint density at radius 1 is 1.36 bits per heavy atom. The number of hydrogen-bond donors (Lipinski definition) is 3. The number of carbonyl (C=O) groups is 1. The molecule has 3 N–H and O–H groups in total. The van der Waals surface area contributed by atoms with Gasteiger partial charge in [-0.15, -0.1) is 0 Å². The summed E-state index contributed by atoms with van der Waals surface area (Å²) in [5, 5.41) is 14.2. The molecule has 0 aromatic heterocycles. The van der Waals surface area contributed by atoms with Gasteiger partial charge in [-0.2, -0.15) is 0 Å². The summed E-state index contributed by atoms with van der Waals surface area (Å²) in [6.07, 6.45) is 2.61. The van der Waals surface area contributed by atoms with Crippen molar-refractivity contribution in [2.45, 2.75) is 44.1 Å². The molecular formula is C16H22F2N2O2. The fraction of sp³-hybridized carbons (Fsp3) is 0.562. The number of aliphatic hydroxyl groups excluding tert-OH is 1. The Morgan fingerprint density at radius 2 is 2.00 bits per heavy atom. The minimum absolute atomic E-state index is 0.0625. The predicted molar refractivity (Wildman–Crippen MR) is 79.6 cm³/mol. The van der Waals surface area contributed by atoms with Crippen LogP contribution in [0.2, 0.25) is 0 Å². The smallest absolute Gasteiger partial charge is 0.315 e. The van der Waals surface area contributed by atoms with E-state index in [0.29, 0.717) is 25.7 Å². The zero-order valence-electron chi connectivity index (χ0n) is 12.7. The maximum Gasteiger partial charge on any atom is 0.315 e. The Labute approximate surface area is 128 Å². The highest BCUT2D eigenvalue weighted by Gasteiger charge is 2.48. The van der Waals surface area contributed by atoms with Gasteiger partial charge in [-0.25, -0.2) is 13.6 Å². The minimum atomic E-state index is -0.624. The van der Waals surface area contributed by atoms with E-state index in [2.05, 4.69) is 10.6 Å². The van der Waals surface area contributed by atoms with E-state index in [9.17, 15) is 13.6 Å². The van der Waals surface area contributed by atoms with E-state index in [0.717, 1.165) is 0 Å². The molecule has 0 radical (unpaired) electrons. The van der Waals surface area contributed by atoms with Crippen molar-refractivity contribution in [3.63, 3.8) is 0 Å². The summed E-state index contributed by atoms with van der Waals surface area (Å²) in [4.78, 5) is 11.8. The summed E-state index contributed by atoms with van der Waals surface area (Å²) in [5.41, 5.74) is -0.551. The van der Waals surface area contributed by atoms with Gasteiger partial charge in [0, 0.05) is 30.2 Å². The number of urea groups is 1. The number of hydrogen-bond acceptors (Lipinski definition) is 2. The SMILES string of the molecule is CC(CCCO)NC(=O)NCC1(c2c(F)cccc2F)CC1. The third kappa shape index (κ3) is 3.94. The van der Waals surface area contributed by atoms with Crippen LogP contribution in [-0.2, 0) is 5.41 Å². The molecular weight excluding hydrogens is 290 g/mol. The minimum Gasteiger partial charge on any atom is -0.396 e. The van der Waals surface area contributed by atoms with Crippen LogP contribution < -0.4 is 10.6 Å². The van der Waals surface area contributed by atoms with Crippen molar-refractivity contribution in [2.24, 2.45) is 0 Å². The molecule has 122 valence electrons. The average molecular weight is 312 g/mol. The van der Waals surface area contributed by atoms with Crippen LogP contribution in [0.15, 0.2) is 18.2 Å². The normalized spacial score (nSPS) is 16.9. The molecule has 22 heavy (non-hydrogen) atoms. The molecule has 0 aliphatic heterocycles. The molecule has 1 saturated carbocycles. The van der Waals surface area contributed by atoms with Gasteiger partial charge >= 0.3 is 6.03 Å². The topological polar surface area (TPSA) is 61.4 Å². The number of halogens is 2. The largest absolute Gasteiger partial charge is 0.396 e. The van der Waals surface area contributed by atoms with Crippen molar-refractivity contribution in [3.05, 3.63) is 35.4 Å². The molecule has 2 rings (SSSR count). The molecule has 0 heterocycles. The number of amides is 2. The Kier molecular flexibility index (Phi) is 5.34. The van der Waals surface area contributed by atoms with E-state index in [4.69, 9.17) is 5.11 Å². The van der Waals surface area contributed by atoms with Gasteiger partial charge in [-0.1, -0.05) is 6.07 Å². The van der Waals surface area contributed by atoms with Crippen LogP contribution in [0.4, 0.5) is 13.6 Å². The number of carbonyl (C=O) groups excluding carboxylic acids is 1. The fourth-order valence-electron chi connectivity index (χ4n) is 2.66. The molecule has 1 aliphatic carbocycles. The molecule has 4 nitrogen and oxygen atoms in total. The Morgan fingerprint density at radius 3 is 2.55 bits per heavy atom. The lowest BCUT2D eigenvalue weighted by molar-refractivity contribution is 0.233. The van der Waals surface area contributed by atoms with Crippen LogP contribution in [0.3, 0.4) is 0 Å². The van der Waals surface area contributed by atoms with Crippen molar-refractivity contribution in [1.29, 1.82) is 0 Å². The first-order chi connectivity index (χ1) is 10.5. The first-order valence-corrected chi connectivity index (χ1v) is 7.58. The standard InChI is InChI=1S/C16H22F2N2O2/c1-11(4-3-9-21)20-15(22)19-10-16(7-8-16)14-12(17)5-2-6-13(14)18/h2,5-6,11,21H,3-4,7-10H2,1H3,(H2,19,20,22). The molecule has 1 aromatic carbocycles. The number of benzene rings is 1. The summed E-state index contributed by atoms with van der Waals surface area (Å²) in [6.45, 7) is 2.14. The van der Waals surface area contributed by atoms with Crippen molar-refractivity contribution in [2.75, 3.05) is 13.2 Å². The molecule has 0 saturated heterocycles. The first-order valence-electron chi connectivity index (χ1n) is 7.58. The average Bonchev–Trinajstić information content (AvgIpc) is 3.24. The fourth-order valence-corrected chi connectivity index (χ4v) is 2.66. The van der Waals surface area contributed by atoms with Gasteiger partial charge in [-0.05, 0) is 44.7 Å². The monoisotopic (exact) mass is 312 g/mol. The first kappa shape index (κ1) is 16.7. The number of rotatable bonds is 7. The molecule has 2 amide bonds. The van der Waals surface area contributed by atoms with Gasteiger partial charge < -0.3 is 15.7 Å². The molecule has 1 fully saturated rings. The van der Waals surface area contributed by atoms with Crippen LogP contribution >= 0.6 is 0 Å². The second-order valence-corrected chi connectivity index (χ2v) is 5.97. The van der Waals surface area contributed by atoms with Crippen LogP contribution in [0, 0.1) is 11.6 Å². The maximum atomic E-state index is 13.9. The van der Waals surface area contributed by atoms with E-state index in [1.165, 1.54) is 18.2 Å². The summed E-state index contributed by atoms with van der Waals surface area (Å²) in [6, 6.07) is 3.42. The summed E-state index contributed by atoms with van der Waals surface area (Å²) in [7, 11) is 0. The number of nitrogens with one attached hydrogen (secondary N) is 2. The van der Waals surface area contributed by atoms with Crippen LogP contribution in [-0.4, -0.2) is 30.3 Å². The quantitative estimate of drug-likeness (QED) is 0.724. The van der Waals surface area contributed by atoms with E-state index >= 15 is 0 Å². The predicted octanol–water partition coefficient (Wildman–Crippen LogP) is 2.46. The molecule has 1 unspecified atom stereocenters. The summed E-state index contributed by atoms with van der Waals surface area (Å²) in [5.74, 6) is -1.12. The van der Waals surface area contributed by atoms with E-state index in [-0.39, 0.29) is 30.8 Å². The summed E-state index contributed by atoms with van der Waals surface area (Å²) >= 11 is 0. The number of aliphatic hydroxyl groups is 1. The van der Waals surface area contributed by atoms with Crippen LogP contribution in [0.1, 0.15) is 38.2 Å². The van der Waals surface area contributed by atoms with E-state index < -0.39 is 17.0 Å². The highest BCUT2D eigenvalue weighted by atomic mass is 19.1. The van der Waals surface area contributed by atoms with Gasteiger partial charge in [-0.3, -0.25) is 0 Å². The Bertz CT molecular complexity index is 513. The van der Waals surface area contributed by atoms with Crippen molar-refractivity contribution >= 4 is 6.03 Å². The van der Waals surface area contributed by atoms with Gasteiger partial charge in [0.25, 0.3) is 0 Å². The zero-order valence-corrected chi connectivity index (χ0v) is 12.7. The van der Waals surface area contributed by atoms with E-state index in [1.807, 2.05) is 6.92 Å². The lowest BCUT2D eigenvalue weighted by atomic mass is 9.94. The lowest BCUT2D eigenvalue weighted by Gasteiger charge is -2.20. The van der Waals surface area contributed by atoms with Gasteiger partial charge in [0.05, 0.1) is 0 Å².